The number of hydrogen-bond donors (Lipinski definition) is 0. The van der Waals surface area contributed by atoms with Crippen LogP contribution in [0.5, 0.6) is 0 Å². The van der Waals surface area contributed by atoms with Crippen LogP contribution < -0.4 is 0 Å². The van der Waals surface area contributed by atoms with Crippen LogP contribution in [0.15, 0.2) is 30.3 Å². The van der Waals surface area contributed by atoms with Gasteiger partial charge in [0, 0.05) is 11.1 Å². The lowest BCUT2D eigenvalue weighted by atomic mass is 9.87. The molecular formula is C27H36FNO3Si. The van der Waals surface area contributed by atoms with Gasteiger partial charge in [-0.3, -0.25) is 9.78 Å². The molecule has 0 fully saturated rings. The van der Waals surface area contributed by atoms with Gasteiger partial charge in [0.05, 0.1) is 17.0 Å². The van der Waals surface area contributed by atoms with Gasteiger partial charge >= 0.3 is 5.97 Å². The van der Waals surface area contributed by atoms with Gasteiger partial charge in [0.1, 0.15) is 12.1 Å². The molecule has 0 N–H and O–H groups in total. The zero-order chi connectivity index (χ0) is 25.1. The molecule has 0 bridgehead atoms. The number of rotatable bonds is 7. The minimum absolute atomic E-state index is 0.0402. The number of hydrogen-bond acceptors (Lipinski definition) is 4. The molecule has 0 aliphatic rings. The Bertz CT molecular complexity index is 1050. The molecule has 4 nitrogen and oxygen atoms in total. The molecule has 0 spiro atoms. The van der Waals surface area contributed by atoms with Crippen molar-refractivity contribution in [3.63, 3.8) is 0 Å². The Kier molecular flexibility index (Phi) is 8.17. The first-order chi connectivity index (χ1) is 15.2. The van der Waals surface area contributed by atoms with Crippen molar-refractivity contribution in [3.05, 3.63) is 58.7 Å². The number of pyridine rings is 1. The molecule has 0 aliphatic heterocycles. The summed E-state index contributed by atoms with van der Waals surface area (Å²) in [6.07, 6.45) is 3.78. The van der Waals surface area contributed by atoms with Crippen LogP contribution in [0.3, 0.4) is 0 Å². The van der Waals surface area contributed by atoms with Crippen molar-refractivity contribution >= 4 is 26.6 Å². The average molecular weight is 470 g/mol. The van der Waals surface area contributed by atoms with Gasteiger partial charge in [-0.1, -0.05) is 60.6 Å². The lowest BCUT2D eigenvalue weighted by Gasteiger charge is -2.36. The van der Waals surface area contributed by atoms with Crippen LogP contribution in [0.2, 0.25) is 18.1 Å². The number of benzene rings is 1. The maximum absolute atomic E-state index is 13.8. The van der Waals surface area contributed by atoms with Crippen molar-refractivity contribution in [2.45, 2.75) is 78.4 Å². The summed E-state index contributed by atoms with van der Waals surface area (Å²) in [5.74, 6) is -0.796. The van der Waals surface area contributed by atoms with E-state index in [4.69, 9.17) is 9.41 Å². The summed E-state index contributed by atoms with van der Waals surface area (Å²) in [5, 5.41) is -0.164. The molecule has 0 radical (unpaired) electrons. The molecule has 178 valence electrons. The Balaban J connectivity index is 2.99. The normalized spacial score (nSPS) is 12.6. The monoisotopic (exact) mass is 469 g/mol. The first-order valence-corrected chi connectivity index (χ1v) is 14.3. The Morgan fingerprint density at radius 3 is 2.03 bits per heavy atom. The van der Waals surface area contributed by atoms with Gasteiger partial charge in [0.2, 0.25) is 0 Å². The number of aromatic nitrogens is 1. The van der Waals surface area contributed by atoms with Gasteiger partial charge in [0.15, 0.2) is 0 Å². The number of halogens is 1. The van der Waals surface area contributed by atoms with E-state index in [0.29, 0.717) is 34.2 Å². The van der Waals surface area contributed by atoms with Gasteiger partial charge in [0.25, 0.3) is 8.32 Å². The van der Waals surface area contributed by atoms with Crippen molar-refractivity contribution in [2.24, 2.45) is 0 Å². The molecule has 1 aromatic carbocycles. The summed E-state index contributed by atoms with van der Waals surface area (Å²) in [5.41, 5.74) is 3.78. The SMILES string of the molecule is CC(C)c1nc(C(C)C)c(C(=O)O[Si](C)(C)C(C)(C)C)c(-c2ccc(F)cc2)c1/C=C/C=O. The van der Waals surface area contributed by atoms with Crippen LogP contribution >= 0.6 is 0 Å². The van der Waals surface area contributed by atoms with E-state index in [1.807, 2.05) is 40.8 Å². The Labute approximate surface area is 198 Å². The highest BCUT2D eigenvalue weighted by Crippen LogP contribution is 2.41. The highest BCUT2D eigenvalue weighted by molar-refractivity contribution is 6.75. The van der Waals surface area contributed by atoms with Gasteiger partial charge in [-0.05, 0) is 59.8 Å². The molecule has 33 heavy (non-hydrogen) atoms. The summed E-state index contributed by atoms with van der Waals surface area (Å²) in [6.45, 7) is 18.3. The van der Waals surface area contributed by atoms with Gasteiger partial charge < -0.3 is 4.43 Å². The zero-order valence-corrected chi connectivity index (χ0v) is 22.2. The van der Waals surface area contributed by atoms with Crippen LogP contribution in [0.25, 0.3) is 17.2 Å². The Morgan fingerprint density at radius 2 is 1.58 bits per heavy atom. The highest BCUT2D eigenvalue weighted by Gasteiger charge is 2.42. The second-order valence-corrected chi connectivity index (χ2v) is 15.2. The first-order valence-electron chi connectivity index (χ1n) is 11.4. The van der Waals surface area contributed by atoms with Crippen molar-refractivity contribution in [3.8, 4) is 11.1 Å². The summed E-state index contributed by atoms with van der Waals surface area (Å²) in [7, 11) is -2.43. The van der Waals surface area contributed by atoms with E-state index in [1.54, 1.807) is 18.2 Å². The molecule has 0 aliphatic carbocycles. The third-order valence-electron chi connectivity index (χ3n) is 6.22. The molecule has 0 atom stereocenters. The fourth-order valence-electron chi connectivity index (χ4n) is 3.36. The molecule has 0 amide bonds. The van der Waals surface area contributed by atoms with E-state index < -0.39 is 14.3 Å². The predicted molar refractivity (Wildman–Crippen MR) is 136 cm³/mol. The number of allylic oxidation sites excluding steroid dienone is 1. The van der Waals surface area contributed by atoms with Crippen molar-refractivity contribution in [1.82, 2.24) is 4.98 Å². The highest BCUT2D eigenvalue weighted by atomic mass is 28.4. The molecule has 6 heteroatoms. The minimum Gasteiger partial charge on any atom is -0.516 e. The third-order valence-corrected chi connectivity index (χ3v) is 10.5. The average Bonchev–Trinajstić information content (AvgIpc) is 2.70. The van der Waals surface area contributed by atoms with Gasteiger partial charge in [-0.2, -0.15) is 0 Å². The standard InChI is InChI=1S/C27H36FNO3Si/c1-17(2)24-21(11-10-16-30)22(19-12-14-20(28)15-13-19)23(25(29-24)18(3)4)26(31)32-33(8,9)27(5,6)7/h10-18H,1-9H3/b11-10+. The molecule has 0 saturated carbocycles. The van der Waals surface area contributed by atoms with Gasteiger partial charge in [-0.25, -0.2) is 9.18 Å². The summed E-state index contributed by atoms with van der Waals surface area (Å²) < 4.78 is 20.0. The van der Waals surface area contributed by atoms with Crippen molar-refractivity contribution in [2.75, 3.05) is 0 Å². The molecular weight excluding hydrogens is 433 g/mol. The number of nitrogens with zero attached hydrogens (tertiary/aromatic N) is 1. The van der Waals surface area contributed by atoms with Crippen LogP contribution in [0, 0.1) is 5.82 Å². The molecule has 0 unspecified atom stereocenters. The third kappa shape index (κ3) is 5.85. The fraction of sp³-hybridized carbons (Fsp3) is 0.444. The van der Waals surface area contributed by atoms with E-state index in [0.717, 1.165) is 5.69 Å². The summed E-state index contributed by atoms with van der Waals surface area (Å²) >= 11 is 0. The fourth-order valence-corrected chi connectivity index (χ4v) is 4.23. The number of carbonyl (C=O) groups is 2. The molecule has 0 saturated heterocycles. The molecule has 1 heterocycles. The predicted octanol–water partition coefficient (Wildman–Crippen LogP) is 7.51. The van der Waals surface area contributed by atoms with E-state index >= 15 is 0 Å². The van der Waals surface area contributed by atoms with Crippen LogP contribution in [-0.2, 0) is 9.22 Å². The second kappa shape index (κ2) is 10.1. The smallest absolute Gasteiger partial charge is 0.327 e. The second-order valence-electron chi connectivity index (χ2n) is 10.5. The Hall–Kier alpha value is -2.60. The van der Waals surface area contributed by atoms with Crippen LogP contribution in [0.1, 0.15) is 87.6 Å². The largest absolute Gasteiger partial charge is 0.516 e. The topological polar surface area (TPSA) is 56.3 Å². The van der Waals surface area contributed by atoms with Crippen molar-refractivity contribution in [1.29, 1.82) is 0 Å². The first kappa shape index (κ1) is 26.6. The van der Waals surface area contributed by atoms with E-state index in [-0.39, 0.29) is 22.7 Å². The van der Waals surface area contributed by atoms with Crippen LogP contribution in [0.4, 0.5) is 4.39 Å². The number of aldehydes is 1. The molecule has 2 aromatic rings. The minimum atomic E-state index is -2.43. The summed E-state index contributed by atoms with van der Waals surface area (Å²) in [6, 6.07) is 6.05. The lowest BCUT2D eigenvalue weighted by molar-refractivity contribution is -0.104. The van der Waals surface area contributed by atoms with E-state index in [2.05, 4.69) is 20.8 Å². The molecule has 1 aromatic heterocycles. The zero-order valence-electron chi connectivity index (χ0n) is 21.2. The molecule has 2 rings (SSSR count). The maximum atomic E-state index is 13.8. The van der Waals surface area contributed by atoms with Crippen molar-refractivity contribution < 1.29 is 18.4 Å². The summed E-state index contributed by atoms with van der Waals surface area (Å²) in [4.78, 5) is 29.9. The van der Waals surface area contributed by atoms with E-state index in [9.17, 15) is 14.0 Å². The quantitative estimate of drug-likeness (QED) is 0.239. The Morgan fingerprint density at radius 1 is 1.03 bits per heavy atom. The van der Waals surface area contributed by atoms with Crippen LogP contribution in [-0.4, -0.2) is 25.6 Å². The number of carbonyl (C=O) groups excluding carboxylic acids is 2. The van der Waals surface area contributed by atoms with E-state index in [1.165, 1.54) is 18.2 Å². The maximum Gasteiger partial charge on any atom is 0.327 e. The lowest BCUT2D eigenvalue weighted by Crippen LogP contribution is -2.43. The van der Waals surface area contributed by atoms with Gasteiger partial charge in [-0.15, -0.1) is 0 Å².